The van der Waals surface area contributed by atoms with Crippen LogP contribution >= 0.6 is 23.2 Å². The van der Waals surface area contributed by atoms with Gasteiger partial charge in [0.05, 0.1) is 10.7 Å². The van der Waals surface area contributed by atoms with Crippen molar-refractivity contribution in [2.24, 2.45) is 0 Å². The summed E-state index contributed by atoms with van der Waals surface area (Å²) in [6.45, 7) is 3.52. The van der Waals surface area contributed by atoms with Crippen LogP contribution in [-0.2, 0) is 16.1 Å². The molecule has 3 amide bonds. The molecule has 0 aliphatic carbocycles. The number of hydrogen-bond acceptors (Lipinski definition) is 3. The van der Waals surface area contributed by atoms with Crippen molar-refractivity contribution >= 4 is 46.6 Å². The van der Waals surface area contributed by atoms with Crippen molar-refractivity contribution in [3.63, 3.8) is 0 Å². The van der Waals surface area contributed by atoms with E-state index >= 15 is 0 Å². The minimum atomic E-state index is -0.343. The fraction of sp³-hybridized carbons (Fsp3) is 0.348. The number of hydrogen-bond donors (Lipinski definition) is 1. The number of carbonyl (C=O) groups excluding carboxylic acids is 3. The molecule has 164 valence electrons. The zero-order valence-corrected chi connectivity index (χ0v) is 18.9. The van der Waals surface area contributed by atoms with Gasteiger partial charge in [-0.1, -0.05) is 42.3 Å². The van der Waals surface area contributed by atoms with E-state index < -0.39 is 0 Å². The lowest BCUT2D eigenvalue weighted by Crippen LogP contribution is -2.38. The topological polar surface area (TPSA) is 69.7 Å². The predicted octanol–water partition coefficient (Wildman–Crippen LogP) is 4.61. The van der Waals surface area contributed by atoms with E-state index in [2.05, 4.69) is 5.32 Å². The SMILES string of the molecule is CCCN(CC(=O)Nc1ccc(Cl)cc1Cl)C(=O)c1cccc(CN2CCCC2=O)c1. The maximum Gasteiger partial charge on any atom is 0.254 e. The van der Waals surface area contributed by atoms with Crippen LogP contribution in [-0.4, -0.2) is 47.2 Å². The number of nitrogens with zero attached hydrogens (tertiary/aromatic N) is 2. The zero-order valence-electron chi connectivity index (χ0n) is 17.4. The number of likely N-dealkylation sites (tertiary alicyclic amines) is 1. The molecule has 1 fully saturated rings. The van der Waals surface area contributed by atoms with Crippen LogP contribution in [0.1, 0.15) is 42.1 Å². The molecule has 0 spiro atoms. The fourth-order valence-corrected chi connectivity index (χ4v) is 4.01. The molecule has 0 bridgehead atoms. The van der Waals surface area contributed by atoms with Crippen molar-refractivity contribution in [3.8, 4) is 0 Å². The van der Waals surface area contributed by atoms with E-state index in [9.17, 15) is 14.4 Å². The molecule has 0 aromatic heterocycles. The average molecular weight is 462 g/mol. The van der Waals surface area contributed by atoms with E-state index in [1.165, 1.54) is 4.90 Å². The minimum Gasteiger partial charge on any atom is -0.338 e. The predicted molar refractivity (Wildman–Crippen MR) is 122 cm³/mol. The highest BCUT2D eigenvalue weighted by atomic mass is 35.5. The Bertz CT molecular complexity index is 980. The molecular weight excluding hydrogens is 437 g/mol. The summed E-state index contributed by atoms with van der Waals surface area (Å²) in [6.07, 6.45) is 2.16. The Hall–Kier alpha value is -2.57. The number of anilines is 1. The Morgan fingerprint density at radius 2 is 1.97 bits per heavy atom. The molecule has 0 atom stereocenters. The van der Waals surface area contributed by atoms with E-state index in [1.807, 2.05) is 13.0 Å². The number of amides is 3. The summed E-state index contributed by atoms with van der Waals surface area (Å²) >= 11 is 12.0. The van der Waals surface area contributed by atoms with Gasteiger partial charge in [0, 0.05) is 36.6 Å². The summed E-state index contributed by atoms with van der Waals surface area (Å²) in [4.78, 5) is 40.9. The third-order valence-corrected chi connectivity index (χ3v) is 5.59. The molecule has 1 saturated heterocycles. The second-order valence-corrected chi connectivity index (χ2v) is 8.36. The molecule has 31 heavy (non-hydrogen) atoms. The first-order chi connectivity index (χ1) is 14.9. The van der Waals surface area contributed by atoms with Crippen LogP contribution in [0.3, 0.4) is 0 Å². The second-order valence-electron chi connectivity index (χ2n) is 7.52. The Morgan fingerprint density at radius 3 is 2.65 bits per heavy atom. The van der Waals surface area contributed by atoms with Crippen LogP contribution in [0.2, 0.25) is 10.0 Å². The zero-order chi connectivity index (χ0) is 22.4. The smallest absolute Gasteiger partial charge is 0.254 e. The van der Waals surface area contributed by atoms with Gasteiger partial charge in [-0.15, -0.1) is 0 Å². The normalized spacial score (nSPS) is 13.4. The summed E-state index contributed by atoms with van der Waals surface area (Å²) in [7, 11) is 0. The van der Waals surface area contributed by atoms with Gasteiger partial charge in [-0.2, -0.15) is 0 Å². The standard InChI is InChI=1S/C23H25Cl2N3O3/c1-2-10-28(15-21(29)26-20-9-8-18(24)13-19(20)25)23(31)17-6-3-5-16(12-17)14-27-11-4-7-22(27)30/h3,5-6,8-9,12-13H,2,4,7,10-11,14-15H2,1H3,(H,26,29). The lowest BCUT2D eigenvalue weighted by atomic mass is 10.1. The third kappa shape index (κ3) is 6.21. The maximum absolute atomic E-state index is 13.1. The summed E-state index contributed by atoms with van der Waals surface area (Å²) < 4.78 is 0. The number of benzene rings is 2. The molecule has 0 saturated carbocycles. The number of rotatable bonds is 8. The highest BCUT2D eigenvalue weighted by molar-refractivity contribution is 6.36. The van der Waals surface area contributed by atoms with Gasteiger partial charge < -0.3 is 15.1 Å². The molecule has 3 rings (SSSR count). The van der Waals surface area contributed by atoms with Crippen LogP contribution in [0.15, 0.2) is 42.5 Å². The van der Waals surface area contributed by atoms with Crippen molar-refractivity contribution in [2.45, 2.75) is 32.7 Å². The number of nitrogens with one attached hydrogen (secondary N) is 1. The van der Waals surface area contributed by atoms with Gasteiger partial charge >= 0.3 is 0 Å². The first-order valence-electron chi connectivity index (χ1n) is 10.3. The fourth-order valence-electron chi connectivity index (χ4n) is 3.55. The van der Waals surface area contributed by atoms with Crippen molar-refractivity contribution in [1.29, 1.82) is 0 Å². The van der Waals surface area contributed by atoms with Crippen molar-refractivity contribution in [2.75, 3.05) is 25.0 Å². The van der Waals surface area contributed by atoms with Crippen LogP contribution in [0, 0.1) is 0 Å². The largest absolute Gasteiger partial charge is 0.338 e. The second kappa shape index (κ2) is 10.6. The van der Waals surface area contributed by atoms with Gasteiger partial charge in [0.15, 0.2) is 0 Å². The number of halogens is 2. The molecule has 0 radical (unpaired) electrons. The Kier molecular flexibility index (Phi) is 7.93. The van der Waals surface area contributed by atoms with Crippen LogP contribution in [0.25, 0.3) is 0 Å². The van der Waals surface area contributed by atoms with Gasteiger partial charge in [0.1, 0.15) is 6.54 Å². The summed E-state index contributed by atoms with van der Waals surface area (Å²) in [6, 6.07) is 12.0. The van der Waals surface area contributed by atoms with Crippen LogP contribution in [0.5, 0.6) is 0 Å². The van der Waals surface area contributed by atoms with Crippen LogP contribution < -0.4 is 5.32 Å². The van der Waals surface area contributed by atoms with Crippen molar-refractivity contribution in [3.05, 3.63) is 63.6 Å². The molecule has 2 aromatic rings. The van der Waals surface area contributed by atoms with Gasteiger partial charge in [-0.25, -0.2) is 0 Å². The lowest BCUT2D eigenvalue weighted by Gasteiger charge is -2.22. The first-order valence-corrected chi connectivity index (χ1v) is 11.0. The van der Waals surface area contributed by atoms with Gasteiger partial charge in [-0.3, -0.25) is 14.4 Å². The molecule has 2 aromatic carbocycles. The number of carbonyl (C=O) groups is 3. The Balaban J connectivity index is 1.68. The molecule has 1 heterocycles. The molecule has 1 aliphatic heterocycles. The van der Waals surface area contributed by atoms with Gasteiger partial charge in [0.2, 0.25) is 11.8 Å². The highest BCUT2D eigenvalue weighted by Gasteiger charge is 2.22. The van der Waals surface area contributed by atoms with Gasteiger partial charge in [0.25, 0.3) is 5.91 Å². The summed E-state index contributed by atoms with van der Waals surface area (Å²) in [5, 5.41) is 3.53. The highest BCUT2D eigenvalue weighted by Crippen LogP contribution is 2.25. The van der Waals surface area contributed by atoms with E-state index in [4.69, 9.17) is 23.2 Å². The van der Waals surface area contributed by atoms with Crippen LogP contribution in [0.4, 0.5) is 5.69 Å². The Morgan fingerprint density at radius 1 is 1.16 bits per heavy atom. The summed E-state index contributed by atoms with van der Waals surface area (Å²) in [5.41, 5.74) is 1.84. The van der Waals surface area contributed by atoms with E-state index in [0.29, 0.717) is 47.2 Å². The first kappa shape index (κ1) is 23.1. The van der Waals surface area contributed by atoms with Crippen molar-refractivity contribution < 1.29 is 14.4 Å². The molecular formula is C23H25Cl2N3O3. The summed E-state index contributed by atoms with van der Waals surface area (Å²) in [5.74, 6) is -0.430. The Labute approximate surface area is 192 Å². The van der Waals surface area contributed by atoms with Gasteiger partial charge in [-0.05, 0) is 48.7 Å². The monoisotopic (exact) mass is 461 g/mol. The maximum atomic E-state index is 13.1. The molecule has 1 N–H and O–H groups in total. The van der Waals surface area contributed by atoms with E-state index in [0.717, 1.165) is 18.5 Å². The lowest BCUT2D eigenvalue weighted by molar-refractivity contribution is -0.128. The molecule has 1 aliphatic rings. The third-order valence-electron chi connectivity index (χ3n) is 5.04. The molecule has 8 heteroatoms. The van der Waals surface area contributed by atoms with E-state index in [-0.39, 0.29) is 24.3 Å². The minimum absolute atomic E-state index is 0.0968. The molecule has 0 unspecified atom stereocenters. The van der Waals surface area contributed by atoms with E-state index in [1.54, 1.807) is 41.3 Å². The molecule has 6 nitrogen and oxygen atoms in total. The average Bonchev–Trinajstić information content (AvgIpc) is 3.14. The quantitative estimate of drug-likeness (QED) is 0.623. The van der Waals surface area contributed by atoms with Crippen molar-refractivity contribution in [1.82, 2.24) is 9.80 Å².